The van der Waals surface area contributed by atoms with Crippen LogP contribution in [0.3, 0.4) is 0 Å². The zero-order valence-electron chi connectivity index (χ0n) is 13.8. The number of benzene rings is 2. The molecule has 1 aliphatic rings. The predicted octanol–water partition coefficient (Wildman–Crippen LogP) is 3.37. The SMILES string of the molecule is CC1(C)CC(NC(=O)Cc2cccc(F)c2)c2cc(N)ccc2O1. The number of hydrogen-bond acceptors (Lipinski definition) is 3. The number of nitrogens with two attached hydrogens (primary N) is 1. The van der Waals surface area contributed by atoms with Crippen LogP contribution < -0.4 is 15.8 Å². The van der Waals surface area contributed by atoms with Gasteiger partial charge in [-0.1, -0.05) is 12.1 Å². The molecule has 5 heteroatoms. The minimum atomic E-state index is -0.389. The van der Waals surface area contributed by atoms with E-state index in [1.54, 1.807) is 18.2 Å². The molecule has 0 aromatic heterocycles. The van der Waals surface area contributed by atoms with E-state index >= 15 is 0 Å². The fourth-order valence-electron chi connectivity index (χ4n) is 3.08. The monoisotopic (exact) mass is 328 g/mol. The Hall–Kier alpha value is -2.56. The fourth-order valence-corrected chi connectivity index (χ4v) is 3.08. The van der Waals surface area contributed by atoms with Gasteiger partial charge < -0.3 is 15.8 Å². The summed E-state index contributed by atoms with van der Waals surface area (Å²) < 4.78 is 19.2. The number of nitrogen functional groups attached to an aromatic ring is 1. The molecule has 1 unspecified atom stereocenters. The molecule has 0 spiro atoms. The lowest BCUT2D eigenvalue weighted by atomic mass is 9.89. The molecule has 1 amide bonds. The molecule has 24 heavy (non-hydrogen) atoms. The van der Waals surface area contributed by atoms with E-state index in [0.717, 1.165) is 11.3 Å². The third kappa shape index (κ3) is 3.67. The highest BCUT2D eigenvalue weighted by Gasteiger charge is 2.34. The first-order chi connectivity index (χ1) is 11.3. The van der Waals surface area contributed by atoms with E-state index in [1.165, 1.54) is 12.1 Å². The molecule has 0 fully saturated rings. The third-order valence-corrected chi connectivity index (χ3v) is 4.08. The minimum Gasteiger partial charge on any atom is -0.487 e. The number of carbonyl (C=O) groups excluding carboxylic acids is 1. The Morgan fingerprint density at radius 3 is 2.88 bits per heavy atom. The highest BCUT2D eigenvalue weighted by molar-refractivity contribution is 5.79. The number of nitrogens with one attached hydrogen (secondary N) is 1. The lowest BCUT2D eigenvalue weighted by Crippen LogP contribution is -2.41. The van der Waals surface area contributed by atoms with Crippen LogP contribution in [0.2, 0.25) is 0 Å². The highest BCUT2D eigenvalue weighted by Crippen LogP contribution is 2.40. The van der Waals surface area contributed by atoms with Crippen LogP contribution in [0.25, 0.3) is 0 Å². The molecule has 2 aromatic rings. The van der Waals surface area contributed by atoms with E-state index in [1.807, 2.05) is 26.0 Å². The number of hydrogen-bond donors (Lipinski definition) is 2. The van der Waals surface area contributed by atoms with Crippen molar-refractivity contribution in [3.63, 3.8) is 0 Å². The summed E-state index contributed by atoms with van der Waals surface area (Å²) in [7, 11) is 0. The van der Waals surface area contributed by atoms with Gasteiger partial charge in [-0.25, -0.2) is 4.39 Å². The van der Waals surface area contributed by atoms with E-state index in [0.29, 0.717) is 17.7 Å². The second-order valence-electron chi connectivity index (χ2n) is 6.79. The number of rotatable bonds is 3. The zero-order chi connectivity index (χ0) is 17.3. The molecular weight excluding hydrogens is 307 g/mol. The van der Waals surface area contributed by atoms with Gasteiger partial charge in [-0.2, -0.15) is 0 Å². The number of anilines is 1. The van der Waals surface area contributed by atoms with Crippen molar-refractivity contribution in [3.05, 3.63) is 59.4 Å². The topological polar surface area (TPSA) is 64.4 Å². The van der Waals surface area contributed by atoms with Crippen molar-refractivity contribution in [2.45, 2.75) is 38.3 Å². The smallest absolute Gasteiger partial charge is 0.224 e. The second kappa shape index (κ2) is 6.15. The highest BCUT2D eigenvalue weighted by atomic mass is 19.1. The second-order valence-corrected chi connectivity index (χ2v) is 6.79. The molecular formula is C19H21FN2O2. The van der Waals surface area contributed by atoms with Gasteiger partial charge in [0.1, 0.15) is 17.2 Å². The Balaban J connectivity index is 1.79. The standard InChI is InChI=1S/C19H21FN2O2/c1-19(2)11-16(15-10-14(21)6-7-17(15)24-19)22-18(23)9-12-4-3-5-13(20)8-12/h3-8,10,16H,9,11,21H2,1-2H3,(H,22,23). The van der Waals surface area contributed by atoms with Crippen molar-refractivity contribution in [3.8, 4) is 5.75 Å². The number of amides is 1. The fraction of sp³-hybridized carbons (Fsp3) is 0.316. The first kappa shape index (κ1) is 16.3. The molecule has 0 aliphatic carbocycles. The maximum atomic E-state index is 13.3. The van der Waals surface area contributed by atoms with Gasteiger partial charge in [-0.3, -0.25) is 4.79 Å². The summed E-state index contributed by atoms with van der Waals surface area (Å²) in [6.07, 6.45) is 0.769. The number of ether oxygens (including phenoxy) is 1. The Labute approximate surface area is 140 Å². The summed E-state index contributed by atoms with van der Waals surface area (Å²) in [5.41, 5.74) is 7.63. The normalized spacial score (nSPS) is 18.4. The van der Waals surface area contributed by atoms with Gasteiger partial charge >= 0.3 is 0 Å². The predicted molar refractivity (Wildman–Crippen MR) is 91.2 cm³/mol. The molecule has 1 aliphatic heterocycles. The lowest BCUT2D eigenvalue weighted by Gasteiger charge is -2.38. The van der Waals surface area contributed by atoms with Crippen LogP contribution in [-0.2, 0) is 11.2 Å². The molecule has 1 heterocycles. The molecule has 126 valence electrons. The maximum absolute atomic E-state index is 13.3. The molecule has 0 saturated heterocycles. The Morgan fingerprint density at radius 1 is 1.33 bits per heavy atom. The van der Waals surface area contributed by atoms with E-state index in [4.69, 9.17) is 10.5 Å². The lowest BCUT2D eigenvalue weighted by molar-refractivity contribution is -0.121. The van der Waals surface area contributed by atoms with Crippen molar-refractivity contribution in [1.82, 2.24) is 5.32 Å². The van der Waals surface area contributed by atoms with E-state index in [-0.39, 0.29) is 29.8 Å². The van der Waals surface area contributed by atoms with Crippen molar-refractivity contribution >= 4 is 11.6 Å². The van der Waals surface area contributed by atoms with Crippen LogP contribution in [-0.4, -0.2) is 11.5 Å². The van der Waals surface area contributed by atoms with E-state index in [9.17, 15) is 9.18 Å². The number of fused-ring (bicyclic) bond motifs is 1. The van der Waals surface area contributed by atoms with Crippen LogP contribution in [0.1, 0.15) is 37.4 Å². The van der Waals surface area contributed by atoms with E-state index in [2.05, 4.69) is 5.32 Å². The van der Waals surface area contributed by atoms with Crippen molar-refractivity contribution in [2.75, 3.05) is 5.73 Å². The minimum absolute atomic E-state index is 0.132. The molecule has 0 bridgehead atoms. The van der Waals surface area contributed by atoms with Gasteiger partial charge in [0.05, 0.1) is 12.5 Å². The van der Waals surface area contributed by atoms with Crippen molar-refractivity contribution < 1.29 is 13.9 Å². The largest absolute Gasteiger partial charge is 0.487 e. The molecule has 0 saturated carbocycles. The quantitative estimate of drug-likeness (QED) is 0.849. The Kier molecular flexibility index (Phi) is 4.18. The average molecular weight is 328 g/mol. The summed E-state index contributed by atoms with van der Waals surface area (Å²) in [6, 6.07) is 11.3. The van der Waals surface area contributed by atoms with Crippen molar-refractivity contribution in [2.24, 2.45) is 0 Å². The average Bonchev–Trinajstić information content (AvgIpc) is 2.47. The van der Waals surface area contributed by atoms with E-state index < -0.39 is 0 Å². The number of halogens is 1. The summed E-state index contributed by atoms with van der Waals surface area (Å²) in [6.45, 7) is 3.97. The van der Waals surface area contributed by atoms with Crippen LogP contribution >= 0.6 is 0 Å². The summed E-state index contributed by atoms with van der Waals surface area (Å²) in [5, 5.41) is 3.03. The zero-order valence-corrected chi connectivity index (χ0v) is 13.8. The Bertz CT molecular complexity index is 774. The van der Waals surface area contributed by atoms with Crippen LogP contribution in [0, 0.1) is 5.82 Å². The van der Waals surface area contributed by atoms with Gasteiger partial charge in [-0.05, 0) is 49.7 Å². The molecule has 3 N–H and O–H groups in total. The van der Waals surface area contributed by atoms with Gasteiger partial charge in [-0.15, -0.1) is 0 Å². The van der Waals surface area contributed by atoms with Gasteiger partial charge in [0, 0.05) is 17.7 Å². The van der Waals surface area contributed by atoms with Crippen LogP contribution in [0.5, 0.6) is 5.75 Å². The molecule has 1 atom stereocenters. The summed E-state index contributed by atoms with van der Waals surface area (Å²) >= 11 is 0. The first-order valence-electron chi connectivity index (χ1n) is 7.95. The van der Waals surface area contributed by atoms with Gasteiger partial charge in [0.2, 0.25) is 5.91 Å². The maximum Gasteiger partial charge on any atom is 0.224 e. The van der Waals surface area contributed by atoms with Crippen molar-refractivity contribution in [1.29, 1.82) is 0 Å². The Morgan fingerprint density at radius 2 is 2.12 bits per heavy atom. The molecule has 2 aromatic carbocycles. The third-order valence-electron chi connectivity index (χ3n) is 4.08. The van der Waals surface area contributed by atoms with Gasteiger partial charge in [0.25, 0.3) is 0 Å². The molecule has 3 rings (SSSR count). The first-order valence-corrected chi connectivity index (χ1v) is 7.95. The summed E-state index contributed by atoms with van der Waals surface area (Å²) in [5.74, 6) is 0.235. The number of carbonyl (C=O) groups is 1. The van der Waals surface area contributed by atoms with Gasteiger partial charge in [0.15, 0.2) is 0 Å². The summed E-state index contributed by atoms with van der Waals surface area (Å²) in [4.78, 5) is 12.4. The molecule has 4 nitrogen and oxygen atoms in total. The van der Waals surface area contributed by atoms with Crippen LogP contribution in [0.4, 0.5) is 10.1 Å². The van der Waals surface area contributed by atoms with Crippen LogP contribution in [0.15, 0.2) is 42.5 Å². The molecule has 0 radical (unpaired) electrons.